The number of aliphatic hydroxyl groups is 1. The molecule has 3 atom stereocenters. The van der Waals surface area contributed by atoms with Crippen LogP contribution in [0.5, 0.6) is 0 Å². The van der Waals surface area contributed by atoms with Gasteiger partial charge in [-0.25, -0.2) is 0 Å². The second-order valence-electron chi connectivity index (χ2n) is 3.41. The molecule has 4 nitrogen and oxygen atoms in total. The molecule has 14 heavy (non-hydrogen) atoms. The predicted molar refractivity (Wildman–Crippen MR) is 54.1 cm³/mol. The fourth-order valence-corrected chi connectivity index (χ4v) is 0.986. The molecule has 0 radical (unpaired) electrons. The Morgan fingerprint density at radius 2 is 1.79 bits per heavy atom. The summed E-state index contributed by atoms with van der Waals surface area (Å²) in [5, 5.41) is 9.19. The summed E-state index contributed by atoms with van der Waals surface area (Å²) < 4.78 is 15.6. The number of ether oxygens (including phenoxy) is 3. The minimum absolute atomic E-state index is 0.0600. The van der Waals surface area contributed by atoms with Gasteiger partial charge in [0.05, 0.1) is 25.4 Å². The van der Waals surface area contributed by atoms with Crippen LogP contribution in [-0.4, -0.2) is 43.9 Å². The molecule has 86 valence electrons. The van der Waals surface area contributed by atoms with Crippen LogP contribution in [0, 0.1) is 0 Å². The van der Waals surface area contributed by atoms with Gasteiger partial charge in [-0.05, 0) is 20.3 Å². The minimum atomic E-state index is -0.689. The van der Waals surface area contributed by atoms with Crippen LogP contribution in [-0.2, 0) is 14.2 Å². The Morgan fingerprint density at radius 1 is 1.14 bits per heavy atom. The fourth-order valence-electron chi connectivity index (χ4n) is 0.986. The Kier molecular flexibility index (Phi) is 8.08. The van der Waals surface area contributed by atoms with Gasteiger partial charge >= 0.3 is 0 Å². The Labute approximate surface area is 86.2 Å². The SMILES string of the molecule is CCC(O)OC(C)COC(C)COC. The van der Waals surface area contributed by atoms with Crippen LogP contribution in [0.3, 0.4) is 0 Å². The summed E-state index contributed by atoms with van der Waals surface area (Å²) in [6, 6.07) is 0. The molecule has 0 aromatic rings. The summed E-state index contributed by atoms with van der Waals surface area (Å²) in [7, 11) is 1.64. The smallest absolute Gasteiger partial charge is 0.154 e. The molecular weight excluding hydrogens is 184 g/mol. The largest absolute Gasteiger partial charge is 0.382 e. The maximum atomic E-state index is 9.19. The molecule has 0 aliphatic heterocycles. The summed E-state index contributed by atoms with van der Waals surface area (Å²) in [6.45, 7) is 6.72. The van der Waals surface area contributed by atoms with Crippen molar-refractivity contribution in [3.05, 3.63) is 0 Å². The average Bonchev–Trinajstić information content (AvgIpc) is 2.15. The van der Waals surface area contributed by atoms with E-state index in [1.165, 1.54) is 0 Å². The standard InChI is InChI=1S/C10H22O4/c1-5-10(11)14-9(3)7-13-8(2)6-12-4/h8-11H,5-7H2,1-4H3. The quantitative estimate of drug-likeness (QED) is 0.606. The highest BCUT2D eigenvalue weighted by atomic mass is 16.6. The highest BCUT2D eigenvalue weighted by molar-refractivity contribution is 4.52. The molecule has 3 unspecified atom stereocenters. The Bertz CT molecular complexity index is 129. The predicted octanol–water partition coefficient (Wildman–Crippen LogP) is 1.17. The Hall–Kier alpha value is -0.160. The van der Waals surface area contributed by atoms with E-state index in [0.717, 1.165) is 0 Å². The van der Waals surface area contributed by atoms with Gasteiger partial charge < -0.3 is 19.3 Å². The van der Waals surface area contributed by atoms with Crippen LogP contribution in [0.25, 0.3) is 0 Å². The van der Waals surface area contributed by atoms with Gasteiger partial charge in [0.1, 0.15) is 0 Å². The summed E-state index contributed by atoms with van der Waals surface area (Å²) in [5.74, 6) is 0. The van der Waals surface area contributed by atoms with Gasteiger partial charge in [0.25, 0.3) is 0 Å². The molecule has 1 N–H and O–H groups in total. The molecule has 0 aliphatic carbocycles. The first kappa shape index (κ1) is 13.8. The molecule has 0 bridgehead atoms. The van der Waals surface area contributed by atoms with E-state index in [-0.39, 0.29) is 12.2 Å². The van der Waals surface area contributed by atoms with E-state index in [2.05, 4.69) is 0 Å². The average molecular weight is 206 g/mol. The van der Waals surface area contributed by atoms with E-state index in [9.17, 15) is 5.11 Å². The van der Waals surface area contributed by atoms with E-state index < -0.39 is 6.29 Å². The number of aliphatic hydroxyl groups excluding tert-OH is 1. The molecule has 0 amide bonds. The molecule has 0 rings (SSSR count). The first-order valence-electron chi connectivity index (χ1n) is 5.04. The third-order valence-corrected chi connectivity index (χ3v) is 1.76. The summed E-state index contributed by atoms with van der Waals surface area (Å²) in [4.78, 5) is 0. The number of rotatable bonds is 8. The van der Waals surface area contributed by atoms with Crippen molar-refractivity contribution >= 4 is 0 Å². The van der Waals surface area contributed by atoms with Gasteiger partial charge in [0.15, 0.2) is 6.29 Å². The molecule has 0 saturated carbocycles. The van der Waals surface area contributed by atoms with Crippen molar-refractivity contribution in [1.29, 1.82) is 0 Å². The zero-order valence-corrected chi connectivity index (χ0v) is 9.53. The van der Waals surface area contributed by atoms with E-state index in [1.54, 1.807) is 7.11 Å². The van der Waals surface area contributed by atoms with Crippen LogP contribution < -0.4 is 0 Å². The highest BCUT2D eigenvalue weighted by Gasteiger charge is 2.10. The van der Waals surface area contributed by atoms with Crippen molar-refractivity contribution in [1.82, 2.24) is 0 Å². The molecular formula is C10H22O4. The number of methoxy groups -OCH3 is 1. The van der Waals surface area contributed by atoms with Crippen LogP contribution in [0.2, 0.25) is 0 Å². The molecule has 0 aromatic carbocycles. The summed E-state index contributed by atoms with van der Waals surface area (Å²) >= 11 is 0. The first-order chi connectivity index (χ1) is 6.60. The fraction of sp³-hybridized carbons (Fsp3) is 1.00. The normalized spacial score (nSPS) is 17.8. The lowest BCUT2D eigenvalue weighted by Gasteiger charge is -2.19. The maximum Gasteiger partial charge on any atom is 0.154 e. The summed E-state index contributed by atoms with van der Waals surface area (Å²) in [6.07, 6.45) is -0.127. The van der Waals surface area contributed by atoms with Crippen molar-refractivity contribution < 1.29 is 19.3 Å². The third-order valence-electron chi connectivity index (χ3n) is 1.76. The number of hydrogen-bond acceptors (Lipinski definition) is 4. The van der Waals surface area contributed by atoms with Crippen LogP contribution in [0.4, 0.5) is 0 Å². The molecule has 0 saturated heterocycles. The van der Waals surface area contributed by atoms with Crippen molar-refractivity contribution in [2.24, 2.45) is 0 Å². The highest BCUT2D eigenvalue weighted by Crippen LogP contribution is 2.01. The van der Waals surface area contributed by atoms with Crippen molar-refractivity contribution in [2.75, 3.05) is 20.3 Å². The third kappa shape index (κ3) is 7.26. The monoisotopic (exact) mass is 206 g/mol. The molecule has 0 fully saturated rings. The van der Waals surface area contributed by atoms with Crippen molar-refractivity contribution in [3.8, 4) is 0 Å². The van der Waals surface area contributed by atoms with E-state index in [0.29, 0.717) is 19.6 Å². The van der Waals surface area contributed by atoms with Gasteiger partial charge in [-0.1, -0.05) is 6.92 Å². The molecule has 0 aliphatic rings. The lowest BCUT2D eigenvalue weighted by Crippen LogP contribution is -2.26. The summed E-state index contributed by atoms with van der Waals surface area (Å²) in [5.41, 5.74) is 0. The van der Waals surface area contributed by atoms with Gasteiger partial charge in [-0.3, -0.25) is 0 Å². The Morgan fingerprint density at radius 3 is 2.29 bits per heavy atom. The topological polar surface area (TPSA) is 47.9 Å². The van der Waals surface area contributed by atoms with Crippen molar-refractivity contribution in [2.45, 2.75) is 45.7 Å². The Balaban J connectivity index is 3.47. The molecule has 0 heterocycles. The van der Waals surface area contributed by atoms with Gasteiger partial charge in [0, 0.05) is 7.11 Å². The van der Waals surface area contributed by atoms with E-state index >= 15 is 0 Å². The molecule has 0 spiro atoms. The molecule has 0 aromatic heterocycles. The zero-order valence-electron chi connectivity index (χ0n) is 9.53. The zero-order chi connectivity index (χ0) is 11.0. The van der Waals surface area contributed by atoms with Crippen LogP contribution in [0.15, 0.2) is 0 Å². The second-order valence-corrected chi connectivity index (χ2v) is 3.41. The van der Waals surface area contributed by atoms with Crippen LogP contribution in [0.1, 0.15) is 27.2 Å². The van der Waals surface area contributed by atoms with E-state index in [1.807, 2.05) is 20.8 Å². The van der Waals surface area contributed by atoms with Gasteiger partial charge in [-0.15, -0.1) is 0 Å². The van der Waals surface area contributed by atoms with Crippen molar-refractivity contribution in [3.63, 3.8) is 0 Å². The van der Waals surface area contributed by atoms with Crippen LogP contribution >= 0.6 is 0 Å². The van der Waals surface area contributed by atoms with Gasteiger partial charge in [-0.2, -0.15) is 0 Å². The van der Waals surface area contributed by atoms with Gasteiger partial charge in [0.2, 0.25) is 0 Å². The minimum Gasteiger partial charge on any atom is -0.382 e. The lowest BCUT2D eigenvalue weighted by molar-refractivity contribution is -0.154. The first-order valence-corrected chi connectivity index (χ1v) is 5.04. The number of hydrogen-bond donors (Lipinski definition) is 1. The van der Waals surface area contributed by atoms with E-state index in [4.69, 9.17) is 14.2 Å². The molecule has 4 heteroatoms. The second kappa shape index (κ2) is 8.17. The maximum absolute atomic E-state index is 9.19. The lowest BCUT2D eigenvalue weighted by atomic mass is 10.4.